The molecule has 0 unspecified atom stereocenters. The van der Waals surface area contributed by atoms with Crippen molar-refractivity contribution in [2.45, 2.75) is 17.7 Å². The molecule has 0 bridgehead atoms. The van der Waals surface area contributed by atoms with Crippen molar-refractivity contribution in [3.05, 3.63) is 67.1 Å². The number of sulfone groups is 1. The van der Waals surface area contributed by atoms with Crippen LogP contribution >= 0.6 is 0 Å². The number of benzene rings is 2. The van der Waals surface area contributed by atoms with E-state index in [1.807, 2.05) is 48.0 Å². The van der Waals surface area contributed by atoms with Gasteiger partial charge in [0.15, 0.2) is 9.84 Å². The smallest absolute Gasteiger partial charge is 0.245 e. The predicted octanol–water partition coefficient (Wildman–Crippen LogP) is 4.21. The number of hydrogen-bond acceptors (Lipinski definition) is 6. The van der Waals surface area contributed by atoms with Gasteiger partial charge in [-0.3, -0.25) is 0 Å². The molecule has 1 N–H and O–H groups in total. The first kappa shape index (κ1) is 19.9. The van der Waals surface area contributed by atoms with Crippen LogP contribution in [0.3, 0.4) is 0 Å². The lowest BCUT2D eigenvalue weighted by Crippen LogP contribution is -2.08. The van der Waals surface area contributed by atoms with Gasteiger partial charge in [0.2, 0.25) is 5.95 Å². The lowest BCUT2D eigenvalue weighted by Gasteiger charge is -2.09. The summed E-state index contributed by atoms with van der Waals surface area (Å²) in [6, 6.07) is 16.9. The number of aromatic nitrogens is 5. The van der Waals surface area contributed by atoms with Crippen molar-refractivity contribution in [1.29, 1.82) is 0 Å². The van der Waals surface area contributed by atoms with E-state index < -0.39 is 9.84 Å². The van der Waals surface area contributed by atoms with Crippen LogP contribution in [0.4, 0.5) is 11.6 Å². The van der Waals surface area contributed by atoms with E-state index in [0.717, 1.165) is 46.3 Å². The van der Waals surface area contributed by atoms with Crippen molar-refractivity contribution in [2.24, 2.45) is 13.0 Å². The Kier molecular flexibility index (Phi) is 4.48. The highest BCUT2D eigenvalue weighted by atomic mass is 32.2. The van der Waals surface area contributed by atoms with E-state index in [2.05, 4.69) is 20.4 Å². The molecule has 3 heterocycles. The maximum Gasteiger partial charge on any atom is 0.245 e. The third kappa shape index (κ3) is 3.74. The Morgan fingerprint density at radius 2 is 1.94 bits per heavy atom. The number of nitrogens with one attached hydrogen (secondary N) is 1. The third-order valence-corrected chi connectivity index (χ3v) is 7.90. The fraction of sp³-hybridized carbons (Fsp3) is 0.208. The third-order valence-electron chi connectivity index (χ3n) is 6.02. The summed E-state index contributed by atoms with van der Waals surface area (Å²) in [5.41, 5.74) is 5.21. The van der Waals surface area contributed by atoms with Gasteiger partial charge in [-0.15, -0.1) is 5.10 Å². The van der Waals surface area contributed by atoms with E-state index in [0.29, 0.717) is 16.8 Å². The van der Waals surface area contributed by atoms with Crippen molar-refractivity contribution in [3.63, 3.8) is 0 Å². The molecule has 166 valence electrons. The molecule has 3 aromatic heterocycles. The van der Waals surface area contributed by atoms with Crippen LogP contribution in [-0.4, -0.2) is 38.3 Å². The molecule has 0 saturated heterocycles. The van der Waals surface area contributed by atoms with Gasteiger partial charge in [0.25, 0.3) is 0 Å². The van der Waals surface area contributed by atoms with E-state index in [4.69, 9.17) is 0 Å². The van der Waals surface area contributed by atoms with E-state index >= 15 is 0 Å². The number of fused-ring (bicyclic) bond motifs is 2. The number of rotatable bonds is 6. The minimum atomic E-state index is -3.29. The van der Waals surface area contributed by atoms with E-state index in [1.165, 1.54) is 0 Å². The first-order chi connectivity index (χ1) is 16.0. The molecule has 0 amide bonds. The molecule has 33 heavy (non-hydrogen) atoms. The molecule has 8 nitrogen and oxygen atoms in total. The molecule has 1 aliphatic rings. The van der Waals surface area contributed by atoms with Crippen LogP contribution in [0.15, 0.2) is 72.0 Å². The Bertz CT molecular complexity index is 1610. The predicted molar refractivity (Wildman–Crippen MR) is 127 cm³/mol. The normalized spacial score (nSPS) is 14.2. The van der Waals surface area contributed by atoms with Gasteiger partial charge in [-0.25, -0.2) is 22.9 Å². The Labute approximate surface area is 190 Å². The zero-order valence-electron chi connectivity index (χ0n) is 18.0. The van der Waals surface area contributed by atoms with Crippen LogP contribution < -0.4 is 5.32 Å². The standard InChI is InChI=1S/C24H22N6O2S/c1-29-15-26-21-9-7-18(12-23(21)29)27-24-25-13-19-8-10-22(30(19)28-24)17-3-2-4-20(11-17)33(31,32)14-16-5-6-16/h2-4,7-13,15-16H,5-6,14H2,1H3,(H,27,28). The Hall–Kier alpha value is -3.72. The van der Waals surface area contributed by atoms with Crippen molar-refractivity contribution in [2.75, 3.05) is 11.1 Å². The summed E-state index contributed by atoms with van der Waals surface area (Å²) in [4.78, 5) is 9.14. The number of aryl methyl sites for hydroxylation is 1. The molecule has 5 aromatic rings. The number of nitrogens with zero attached hydrogens (tertiary/aromatic N) is 5. The van der Waals surface area contributed by atoms with Gasteiger partial charge in [-0.2, -0.15) is 0 Å². The molecule has 6 rings (SSSR count). The van der Waals surface area contributed by atoms with Gasteiger partial charge < -0.3 is 9.88 Å². The van der Waals surface area contributed by atoms with Crippen LogP contribution in [0.25, 0.3) is 27.8 Å². The summed E-state index contributed by atoms with van der Waals surface area (Å²) in [5.74, 6) is 0.974. The highest BCUT2D eigenvalue weighted by Crippen LogP contribution is 2.33. The topological polar surface area (TPSA) is 94.2 Å². The maximum atomic E-state index is 12.8. The average molecular weight is 459 g/mol. The van der Waals surface area contributed by atoms with Crippen molar-refractivity contribution in [1.82, 2.24) is 24.1 Å². The monoisotopic (exact) mass is 458 g/mol. The highest BCUT2D eigenvalue weighted by Gasteiger charge is 2.29. The Morgan fingerprint density at radius 1 is 1.06 bits per heavy atom. The summed E-state index contributed by atoms with van der Waals surface area (Å²) >= 11 is 0. The number of imidazole rings is 1. The van der Waals surface area contributed by atoms with Crippen LogP contribution in [-0.2, 0) is 16.9 Å². The largest absolute Gasteiger partial charge is 0.334 e. The quantitative estimate of drug-likeness (QED) is 0.410. The molecule has 0 atom stereocenters. The van der Waals surface area contributed by atoms with Gasteiger partial charge in [0, 0.05) is 18.3 Å². The lowest BCUT2D eigenvalue weighted by atomic mass is 10.2. The van der Waals surface area contributed by atoms with Gasteiger partial charge in [-0.05, 0) is 61.2 Å². The summed E-state index contributed by atoms with van der Waals surface area (Å²) < 4.78 is 29.3. The first-order valence-electron chi connectivity index (χ1n) is 10.8. The SMILES string of the molecule is Cn1cnc2ccc(Nc3ncc4ccc(-c5cccc(S(=O)(=O)CC6CC6)c5)n4n3)cc21. The molecule has 0 aliphatic heterocycles. The summed E-state index contributed by atoms with van der Waals surface area (Å²) in [6.45, 7) is 0. The van der Waals surface area contributed by atoms with Crippen molar-refractivity contribution >= 4 is 38.0 Å². The van der Waals surface area contributed by atoms with Crippen molar-refractivity contribution < 1.29 is 8.42 Å². The summed E-state index contributed by atoms with van der Waals surface area (Å²) in [5, 5.41) is 7.93. The fourth-order valence-electron chi connectivity index (χ4n) is 4.05. The average Bonchev–Trinajstić information content (AvgIpc) is 3.39. The zero-order valence-corrected chi connectivity index (χ0v) is 18.8. The second kappa shape index (κ2) is 7.41. The summed E-state index contributed by atoms with van der Waals surface area (Å²) in [6.07, 6.45) is 5.53. The minimum Gasteiger partial charge on any atom is -0.334 e. The van der Waals surface area contributed by atoms with Gasteiger partial charge in [0.1, 0.15) is 0 Å². The molecule has 0 spiro atoms. The summed E-state index contributed by atoms with van der Waals surface area (Å²) in [7, 11) is -1.34. The Balaban J connectivity index is 1.35. The van der Waals surface area contributed by atoms with Crippen LogP contribution in [0.2, 0.25) is 0 Å². The van der Waals surface area contributed by atoms with E-state index in [9.17, 15) is 8.42 Å². The lowest BCUT2D eigenvalue weighted by molar-refractivity contribution is 0.592. The van der Waals surface area contributed by atoms with Crippen LogP contribution in [0.1, 0.15) is 12.8 Å². The van der Waals surface area contributed by atoms with E-state index in [1.54, 1.807) is 35.2 Å². The molecule has 1 saturated carbocycles. The first-order valence-corrected chi connectivity index (χ1v) is 12.5. The molecule has 9 heteroatoms. The number of anilines is 2. The molecule has 1 aliphatic carbocycles. The Morgan fingerprint density at radius 3 is 2.79 bits per heavy atom. The van der Waals surface area contributed by atoms with Gasteiger partial charge >= 0.3 is 0 Å². The zero-order chi connectivity index (χ0) is 22.6. The molecule has 0 radical (unpaired) electrons. The highest BCUT2D eigenvalue weighted by molar-refractivity contribution is 7.91. The molecular formula is C24H22N6O2S. The van der Waals surface area contributed by atoms with Gasteiger partial charge in [-0.1, -0.05) is 12.1 Å². The van der Waals surface area contributed by atoms with E-state index in [-0.39, 0.29) is 5.75 Å². The molecular weight excluding hydrogens is 436 g/mol. The maximum absolute atomic E-state index is 12.8. The minimum absolute atomic E-state index is 0.225. The van der Waals surface area contributed by atoms with Gasteiger partial charge in [0.05, 0.1) is 45.4 Å². The van der Waals surface area contributed by atoms with Crippen LogP contribution in [0, 0.1) is 5.92 Å². The number of hydrogen-bond donors (Lipinski definition) is 1. The molecule has 1 fully saturated rings. The second-order valence-corrected chi connectivity index (χ2v) is 10.6. The van der Waals surface area contributed by atoms with Crippen LogP contribution in [0.5, 0.6) is 0 Å². The van der Waals surface area contributed by atoms with Crippen molar-refractivity contribution in [3.8, 4) is 11.3 Å². The molecule has 2 aromatic carbocycles. The second-order valence-electron chi connectivity index (χ2n) is 8.57. The fourth-order valence-corrected chi connectivity index (χ4v) is 5.79.